The van der Waals surface area contributed by atoms with Crippen LogP contribution in [-0.4, -0.2) is 12.7 Å². The van der Waals surface area contributed by atoms with Crippen LogP contribution in [0.3, 0.4) is 0 Å². The van der Waals surface area contributed by atoms with Gasteiger partial charge in [0.05, 0.1) is 12.5 Å². The molecule has 2 aromatic carbocycles. The van der Waals surface area contributed by atoms with Gasteiger partial charge in [-0.25, -0.2) is 4.39 Å². The Hall–Kier alpha value is -2.54. The van der Waals surface area contributed by atoms with Crippen molar-refractivity contribution in [3.63, 3.8) is 0 Å². The van der Waals surface area contributed by atoms with Gasteiger partial charge in [-0.1, -0.05) is 12.1 Å². The van der Waals surface area contributed by atoms with E-state index in [2.05, 4.69) is 6.07 Å². The number of nitriles is 1. The molecule has 3 nitrogen and oxygen atoms in total. The van der Waals surface area contributed by atoms with Crippen LogP contribution in [0.5, 0.6) is 11.5 Å². The van der Waals surface area contributed by atoms with E-state index in [0.717, 1.165) is 22.6 Å². The monoisotopic (exact) mass is 283 g/mol. The Morgan fingerprint density at radius 1 is 1.24 bits per heavy atom. The maximum Gasteiger partial charge on any atom is 0.137 e. The maximum atomic E-state index is 13.1. The predicted octanol–water partition coefficient (Wildman–Crippen LogP) is 3.27. The fraction of sp³-hybridized carbons (Fsp3) is 0.235. The molecule has 21 heavy (non-hydrogen) atoms. The SMILES string of the molecule is N#CCc1ccc(OCC2Cc3cc(F)ccc3O2)cc1. The highest BCUT2D eigenvalue weighted by atomic mass is 19.1. The van der Waals surface area contributed by atoms with Crippen LogP contribution in [0.25, 0.3) is 0 Å². The highest BCUT2D eigenvalue weighted by molar-refractivity contribution is 5.38. The highest BCUT2D eigenvalue weighted by Gasteiger charge is 2.23. The number of nitrogens with zero attached hydrogens (tertiary/aromatic N) is 1. The van der Waals surface area contributed by atoms with E-state index in [4.69, 9.17) is 14.7 Å². The zero-order valence-corrected chi connectivity index (χ0v) is 11.4. The largest absolute Gasteiger partial charge is 0.490 e. The summed E-state index contributed by atoms with van der Waals surface area (Å²) >= 11 is 0. The number of benzene rings is 2. The van der Waals surface area contributed by atoms with Crippen molar-refractivity contribution in [1.29, 1.82) is 5.26 Å². The van der Waals surface area contributed by atoms with Crippen molar-refractivity contribution in [3.05, 3.63) is 59.4 Å². The lowest BCUT2D eigenvalue weighted by atomic mass is 10.1. The summed E-state index contributed by atoms with van der Waals surface area (Å²) in [6, 6.07) is 14.1. The minimum atomic E-state index is -0.244. The molecule has 0 spiro atoms. The van der Waals surface area contributed by atoms with Crippen LogP contribution in [-0.2, 0) is 12.8 Å². The van der Waals surface area contributed by atoms with Gasteiger partial charge in [0.25, 0.3) is 0 Å². The van der Waals surface area contributed by atoms with E-state index in [1.54, 1.807) is 6.07 Å². The van der Waals surface area contributed by atoms with Gasteiger partial charge in [-0.05, 0) is 35.9 Å². The second-order valence-electron chi connectivity index (χ2n) is 4.99. The van der Waals surface area contributed by atoms with Crippen LogP contribution in [0.15, 0.2) is 42.5 Å². The lowest BCUT2D eigenvalue weighted by molar-refractivity contribution is 0.148. The molecule has 1 aliphatic rings. The molecule has 0 aliphatic carbocycles. The second-order valence-corrected chi connectivity index (χ2v) is 4.99. The molecule has 3 rings (SSSR count). The normalized spacial score (nSPS) is 15.9. The van der Waals surface area contributed by atoms with Gasteiger partial charge in [-0.15, -0.1) is 0 Å². The molecule has 0 radical (unpaired) electrons. The zero-order valence-electron chi connectivity index (χ0n) is 11.4. The average molecular weight is 283 g/mol. The Bertz CT molecular complexity index is 676. The second kappa shape index (κ2) is 5.84. The molecular formula is C17H14FNO2. The van der Waals surface area contributed by atoms with Gasteiger partial charge in [0.2, 0.25) is 0 Å². The molecule has 0 fully saturated rings. The number of hydrogen-bond acceptors (Lipinski definition) is 3. The topological polar surface area (TPSA) is 42.2 Å². The van der Waals surface area contributed by atoms with E-state index in [1.807, 2.05) is 24.3 Å². The van der Waals surface area contributed by atoms with E-state index >= 15 is 0 Å². The average Bonchev–Trinajstić information content (AvgIpc) is 2.89. The van der Waals surface area contributed by atoms with E-state index in [0.29, 0.717) is 19.4 Å². The van der Waals surface area contributed by atoms with E-state index in [-0.39, 0.29) is 11.9 Å². The molecule has 1 atom stereocenters. The fourth-order valence-corrected chi connectivity index (χ4v) is 2.37. The van der Waals surface area contributed by atoms with Crippen molar-refractivity contribution >= 4 is 0 Å². The Kier molecular flexibility index (Phi) is 3.74. The molecular weight excluding hydrogens is 269 g/mol. The molecule has 106 valence electrons. The fourth-order valence-electron chi connectivity index (χ4n) is 2.37. The van der Waals surface area contributed by atoms with Crippen LogP contribution in [0.2, 0.25) is 0 Å². The van der Waals surface area contributed by atoms with Gasteiger partial charge in [0, 0.05) is 12.0 Å². The number of rotatable bonds is 4. The van der Waals surface area contributed by atoms with E-state index in [1.165, 1.54) is 12.1 Å². The molecule has 4 heteroatoms. The Morgan fingerprint density at radius 3 is 2.81 bits per heavy atom. The van der Waals surface area contributed by atoms with Crippen molar-refractivity contribution in [2.75, 3.05) is 6.61 Å². The Morgan fingerprint density at radius 2 is 2.05 bits per heavy atom. The predicted molar refractivity (Wildman–Crippen MR) is 75.8 cm³/mol. The summed E-state index contributed by atoms with van der Waals surface area (Å²) < 4.78 is 24.5. The zero-order chi connectivity index (χ0) is 14.7. The van der Waals surface area contributed by atoms with Crippen molar-refractivity contribution in [3.8, 4) is 17.6 Å². The first-order valence-corrected chi connectivity index (χ1v) is 6.78. The molecule has 1 aliphatic heterocycles. The molecule has 1 heterocycles. The third kappa shape index (κ3) is 3.14. The number of fused-ring (bicyclic) bond motifs is 1. The van der Waals surface area contributed by atoms with Crippen LogP contribution in [0, 0.1) is 17.1 Å². The molecule has 0 bridgehead atoms. The smallest absolute Gasteiger partial charge is 0.137 e. The van der Waals surface area contributed by atoms with E-state index < -0.39 is 0 Å². The van der Waals surface area contributed by atoms with Crippen LogP contribution in [0.1, 0.15) is 11.1 Å². The molecule has 0 amide bonds. The van der Waals surface area contributed by atoms with Crippen LogP contribution < -0.4 is 9.47 Å². The van der Waals surface area contributed by atoms with Crippen molar-refractivity contribution in [2.24, 2.45) is 0 Å². The lowest BCUT2D eigenvalue weighted by Gasteiger charge is -2.12. The van der Waals surface area contributed by atoms with Crippen LogP contribution >= 0.6 is 0 Å². The molecule has 2 aromatic rings. The first kappa shape index (κ1) is 13.4. The van der Waals surface area contributed by atoms with Gasteiger partial charge < -0.3 is 9.47 Å². The molecule has 0 saturated heterocycles. The third-order valence-corrected chi connectivity index (χ3v) is 3.41. The summed E-state index contributed by atoms with van der Waals surface area (Å²) in [5, 5.41) is 8.62. The summed E-state index contributed by atoms with van der Waals surface area (Å²) in [5.41, 5.74) is 1.85. The minimum Gasteiger partial charge on any atom is -0.490 e. The van der Waals surface area contributed by atoms with Crippen molar-refractivity contribution in [2.45, 2.75) is 18.9 Å². The van der Waals surface area contributed by atoms with Gasteiger partial charge in [-0.2, -0.15) is 5.26 Å². The third-order valence-electron chi connectivity index (χ3n) is 3.41. The summed E-state index contributed by atoms with van der Waals surface area (Å²) in [4.78, 5) is 0. The first-order valence-electron chi connectivity index (χ1n) is 6.78. The van der Waals surface area contributed by atoms with Gasteiger partial charge in [0.15, 0.2) is 0 Å². The van der Waals surface area contributed by atoms with Crippen LogP contribution in [0.4, 0.5) is 4.39 Å². The van der Waals surface area contributed by atoms with E-state index in [9.17, 15) is 4.39 Å². The number of ether oxygens (including phenoxy) is 2. The van der Waals surface area contributed by atoms with Crippen molar-refractivity contribution < 1.29 is 13.9 Å². The summed E-state index contributed by atoms with van der Waals surface area (Å²) in [5.74, 6) is 1.23. The van der Waals surface area contributed by atoms with Gasteiger partial charge in [-0.3, -0.25) is 0 Å². The molecule has 0 aromatic heterocycles. The molecule has 0 saturated carbocycles. The summed E-state index contributed by atoms with van der Waals surface area (Å²) in [7, 11) is 0. The van der Waals surface area contributed by atoms with Crippen molar-refractivity contribution in [1.82, 2.24) is 0 Å². The first-order chi connectivity index (χ1) is 10.2. The minimum absolute atomic E-state index is 0.0967. The number of hydrogen-bond donors (Lipinski definition) is 0. The standard InChI is InChI=1S/C17H14FNO2/c18-14-3-6-17-13(9-14)10-16(21-17)11-20-15-4-1-12(2-5-15)7-8-19/h1-6,9,16H,7,10-11H2. The molecule has 1 unspecified atom stereocenters. The summed E-state index contributed by atoms with van der Waals surface area (Å²) in [6.45, 7) is 0.411. The highest BCUT2D eigenvalue weighted by Crippen LogP contribution is 2.29. The number of halogens is 1. The van der Waals surface area contributed by atoms with Gasteiger partial charge in [0.1, 0.15) is 30.0 Å². The van der Waals surface area contributed by atoms with Gasteiger partial charge >= 0.3 is 0 Å². The summed E-state index contributed by atoms with van der Waals surface area (Å²) in [6.07, 6.45) is 0.951. The molecule has 0 N–H and O–H groups in total. The quantitative estimate of drug-likeness (QED) is 0.864. The Balaban J connectivity index is 1.56. The maximum absolute atomic E-state index is 13.1. The Labute approximate surface area is 122 Å². The lowest BCUT2D eigenvalue weighted by Crippen LogP contribution is -2.22.